The van der Waals surface area contributed by atoms with Crippen molar-refractivity contribution >= 4 is 39.5 Å². The van der Waals surface area contributed by atoms with Gasteiger partial charge in [0.15, 0.2) is 0 Å². The highest BCUT2D eigenvalue weighted by Gasteiger charge is 2.54. The average molecular weight is 444 g/mol. The summed E-state index contributed by atoms with van der Waals surface area (Å²) in [5, 5.41) is 5.41. The summed E-state index contributed by atoms with van der Waals surface area (Å²) in [7, 11) is 0. The van der Waals surface area contributed by atoms with Crippen LogP contribution in [0.1, 0.15) is 19.3 Å². The molecule has 144 valence electrons. The second kappa shape index (κ2) is 7.27. The molecule has 4 amide bonds. The zero-order chi connectivity index (χ0) is 19.7. The number of carbonyl (C=O) groups excluding carboxylic acids is 3. The van der Waals surface area contributed by atoms with Crippen molar-refractivity contribution in [2.75, 3.05) is 11.9 Å². The van der Waals surface area contributed by atoms with Gasteiger partial charge in [-0.1, -0.05) is 15.9 Å². The highest BCUT2D eigenvalue weighted by molar-refractivity contribution is 9.10. The number of halogens is 1. The van der Waals surface area contributed by atoms with Crippen LogP contribution in [0.15, 0.2) is 53.0 Å². The van der Waals surface area contributed by atoms with Crippen molar-refractivity contribution in [1.82, 2.24) is 10.2 Å². The minimum atomic E-state index is -0.774. The summed E-state index contributed by atoms with van der Waals surface area (Å²) < 4.78 is 6.70. The Kier molecular flexibility index (Phi) is 4.80. The van der Waals surface area contributed by atoms with E-state index in [4.69, 9.17) is 4.74 Å². The van der Waals surface area contributed by atoms with Crippen molar-refractivity contribution in [3.8, 4) is 11.5 Å². The Hall–Kier alpha value is -2.87. The maximum atomic E-state index is 12.4. The molecule has 0 radical (unpaired) electrons. The van der Waals surface area contributed by atoms with E-state index in [1.54, 1.807) is 24.3 Å². The van der Waals surface area contributed by atoms with Crippen LogP contribution in [0.5, 0.6) is 11.5 Å². The van der Waals surface area contributed by atoms with Gasteiger partial charge in [-0.25, -0.2) is 4.79 Å². The minimum Gasteiger partial charge on any atom is -0.457 e. The van der Waals surface area contributed by atoms with E-state index in [1.807, 2.05) is 24.3 Å². The molecular formula is C20H18BrN3O4. The molecule has 1 spiro atoms. The predicted octanol–water partition coefficient (Wildman–Crippen LogP) is 3.65. The number of amides is 4. The minimum absolute atomic E-state index is 0.302. The fraction of sp³-hybridized carbons (Fsp3) is 0.250. The molecule has 4 rings (SSSR count). The lowest BCUT2D eigenvalue weighted by atomic mass is 9.77. The highest BCUT2D eigenvalue weighted by atomic mass is 79.9. The molecule has 2 fully saturated rings. The van der Waals surface area contributed by atoms with Crippen LogP contribution < -0.4 is 15.4 Å². The number of ether oxygens (including phenoxy) is 1. The third kappa shape index (κ3) is 3.60. The summed E-state index contributed by atoms with van der Waals surface area (Å²) in [6.45, 7) is -0.302. The molecule has 1 heterocycles. The number of carbonyl (C=O) groups is 3. The summed E-state index contributed by atoms with van der Waals surface area (Å²) in [5.41, 5.74) is -0.220. The maximum absolute atomic E-state index is 12.4. The number of benzene rings is 2. The van der Waals surface area contributed by atoms with Gasteiger partial charge in [0.2, 0.25) is 5.91 Å². The van der Waals surface area contributed by atoms with Crippen LogP contribution in [0.3, 0.4) is 0 Å². The van der Waals surface area contributed by atoms with Gasteiger partial charge >= 0.3 is 6.03 Å². The van der Waals surface area contributed by atoms with E-state index in [1.165, 1.54) is 0 Å². The molecule has 2 aliphatic rings. The summed E-state index contributed by atoms with van der Waals surface area (Å²) in [6, 6.07) is 13.8. The van der Waals surface area contributed by atoms with Gasteiger partial charge in [-0.3, -0.25) is 14.5 Å². The lowest BCUT2D eigenvalue weighted by Crippen LogP contribution is -2.52. The molecule has 1 saturated heterocycles. The van der Waals surface area contributed by atoms with Crippen molar-refractivity contribution in [3.05, 3.63) is 53.0 Å². The van der Waals surface area contributed by atoms with Gasteiger partial charge in [0.1, 0.15) is 23.6 Å². The number of anilines is 1. The lowest BCUT2D eigenvalue weighted by Gasteiger charge is -2.34. The highest BCUT2D eigenvalue weighted by Crippen LogP contribution is 2.37. The fourth-order valence-electron chi connectivity index (χ4n) is 3.28. The van der Waals surface area contributed by atoms with E-state index in [2.05, 4.69) is 26.6 Å². The van der Waals surface area contributed by atoms with Crippen LogP contribution in [0.25, 0.3) is 0 Å². The van der Waals surface area contributed by atoms with Gasteiger partial charge in [0, 0.05) is 10.2 Å². The molecule has 28 heavy (non-hydrogen) atoms. The van der Waals surface area contributed by atoms with Crippen molar-refractivity contribution in [2.45, 2.75) is 24.8 Å². The van der Waals surface area contributed by atoms with E-state index in [9.17, 15) is 14.4 Å². The molecule has 2 N–H and O–H groups in total. The molecule has 0 aromatic heterocycles. The molecule has 0 atom stereocenters. The quantitative estimate of drug-likeness (QED) is 0.690. The normalized spacial score (nSPS) is 17.2. The SMILES string of the molecule is O=C(CN1C(=O)NC2(CCC2)C1=O)Nc1ccc(Oc2ccc(Br)cc2)cc1. The number of urea groups is 1. The van der Waals surface area contributed by atoms with Gasteiger partial charge in [-0.05, 0) is 67.8 Å². The molecule has 2 aromatic carbocycles. The van der Waals surface area contributed by atoms with Crippen LogP contribution in [-0.4, -0.2) is 34.8 Å². The van der Waals surface area contributed by atoms with E-state index in [0.717, 1.165) is 15.8 Å². The number of rotatable bonds is 5. The van der Waals surface area contributed by atoms with Crippen molar-refractivity contribution in [2.24, 2.45) is 0 Å². The van der Waals surface area contributed by atoms with E-state index in [-0.39, 0.29) is 12.5 Å². The van der Waals surface area contributed by atoms with Crippen molar-refractivity contribution in [1.29, 1.82) is 0 Å². The fourth-order valence-corrected chi connectivity index (χ4v) is 3.54. The Morgan fingerprint density at radius 1 is 1.07 bits per heavy atom. The molecule has 2 aromatic rings. The topological polar surface area (TPSA) is 87.7 Å². The van der Waals surface area contributed by atoms with Crippen LogP contribution in [-0.2, 0) is 9.59 Å². The zero-order valence-electron chi connectivity index (χ0n) is 14.9. The van der Waals surface area contributed by atoms with Crippen LogP contribution in [0.2, 0.25) is 0 Å². The number of hydrogen-bond acceptors (Lipinski definition) is 4. The summed E-state index contributed by atoms with van der Waals surface area (Å²) in [4.78, 5) is 37.7. The third-order valence-corrected chi connectivity index (χ3v) is 5.47. The number of imide groups is 1. The smallest absolute Gasteiger partial charge is 0.325 e. The average Bonchev–Trinajstić information content (AvgIpc) is 2.90. The standard InChI is InChI=1S/C20H18BrN3O4/c21-13-2-6-15(7-3-13)28-16-8-4-14(5-9-16)22-17(25)12-24-18(26)20(10-1-11-20)23-19(24)27/h2-9H,1,10-12H2,(H,22,25)(H,23,27). The van der Waals surface area contributed by atoms with Crippen molar-refractivity contribution in [3.63, 3.8) is 0 Å². The first-order valence-corrected chi connectivity index (χ1v) is 9.72. The monoisotopic (exact) mass is 443 g/mol. The Morgan fingerprint density at radius 2 is 1.68 bits per heavy atom. The zero-order valence-corrected chi connectivity index (χ0v) is 16.5. The second-order valence-electron chi connectivity index (χ2n) is 6.89. The Balaban J connectivity index is 1.34. The number of hydrogen-bond donors (Lipinski definition) is 2. The molecule has 0 unspecified atom stereocenters. The van der Waals surface area contributed by atoms with Crippen molar-refractivity contribution < 1.29 is 19.1 Å². The van der Waals surface area contributed by atoms with Crippen LogP contribution in [0, 0.1) is 0 Å². The second-order valence-corrected chi connectivity index (χ2v) is 7.80. The third-order valence-electron chi connectivity index (χ3n) is 4.94. The van der Waals surface area contributed by atoms with E-state index < -0.39 is 17.5 Å². The molecule has 0 bridgehead atoms. The number of nitrogens with one attached hydrogen (secondary N) is 2. The molecular weight excluding hydrogens is 426 g/mol. The van der Waals surface area contributed by atoms with Gasteiger partial charge in [-0.15, -0.1) is 0 Å². The van der Waals surface area contributed by atoms with Gasteiger partial charge in [-0.2, -0.15) is 0 Å². The Bertz CT molecular complexity index is 923. The van der Waals surface area contributed by atoms with Crippen LogP contribution >= 0.6 is 15.9 Å². The first-order valence-electron chi connectivity index (χ1n) is 8.93. The van der Waals surface area contributed by atoms with E-state index in [0.29, 0.717) is 30.0 Å². The van der Waals surface area contributed by atoms with Gasteiger partial charge < -0.3 is 15.4 Å². The van der Waals surface area contributed by atoms with E-state index >= 15 is 0 Å². The molecule has 8 heteroatoms. The van der Waals surface area contributed by atoms with Crippen LogP contribution in [0.4, 0.5) is 10.5 Å². The largest absolute Gasteiger partial charge is 0.457 e. The van der Waals surface area contributed by atoms with Gasteiger partial charge in [0.25, 0.3) is 5.91 Å². The molecule has 1 saturated carbocycles. The number of nitrogens with zero attached hydrogens (tertiary/aromatic N) is 1. The maximum Gasteiger partial charge on any atom is 0.325 e. The Morgan fingerprint density at radius 3 is 2.21 bits per heavy atom. The molecule has 7 nitrogen and oxygen atoms in total. The first-order chi connectivity index (χ1) is 13.4. The molecule has 1 aliphatic carbocycles. The molecule has 1 aliphatic heterocycles. The Labute approximate surface area is 170 Å². The first kappa shape index (κ1) is 18.5. The lowest BCUT2D eigenvalue weighted by molar-refractivity contribution is -0.136. The summed E-state index contributed by atoms with van der Waals surface area (Å²) in [5.74, 6) is 0.586. The van der Waals surface area contributed by atoms with Gasteiger partial charge in [0.05, 0.1) is 0 Å². The summed E-state index contributed by atoms with van der Waals surface area (Å²) in [6.07, 6.45) is 2.17. The predicted molar refractivity (Wildman–Crippen MR) is 106 cm³/mol. The summed E-state index contributed by atoms with van der Waals surface area (Å²) >= 11 is 3.37.